The number of hydrogen-bond donors (Lipinski definition) is 2. The molecule has 1 rings (SSSR count). The van der Waals surface area contributed by atoms with E-state index in [1.165, 1.54) is 6.08 Å². The normalized spacial score (nSPS) is 28.4. The highest BCUT2D eigenvalue weighted by atomic mass is 28.4. The van der Waals surface area contributed by atoms with E-state index in [1.807, 2.05) is 0 Å². The molecule has 0 amide bonds. The zero-order valence-electron chi connectivity index (χ0n) is 14.9. The highest BCUT2D eigenvalue weighted by Crippen LogP contribution is 2.37. The summed E-state index contributed by atoms with van der Waals surface area (Å²) in [5.74, 6) is -0.850. The summed E-state index contributed by atoms with van der Waals surface area (Å²) in [6.45, 7) is 18.0. The van der Waals surface area contributed by atoms with Gasteiger partial charge >= 0.3 is 0 Å². The van der Waals surface area contributed by atoms with Gasteiger partial charge in [0, 0.05) is 0 Å². The smallest absolute Gasteiger partial charge is 0.192 e. The Labute approximate surface area is 135 Å². The first kappa shape index (κ1) is 19.8. The van der Waals surface area contributed by atoms with Crippen molar-refractivity contribution in [3.05, 3.63) is 12.7 Å². The quantitative estimate of drug-likeness (QED) is 0.577. The molecule has 2 N–H and O–H groups in total. The van der Waals surface area contributed by atoms with Gasteiger partial charge in [0.2, 0.25) is 0 Å². The summed E-state index contributed by atoms with van der Waals surface area (Å²) < 4.78 is 17.5. The van der Waals surface area contributed by atoms with Crippen LogP contribution in [0.4, 0.5) is 0 Å². The van der Waals surface area contributed by atoms with Gasteiger partial charge in [-0.15, -0.1) is 6.58 Å². The van der Waals surface area contributed by atoms with E-state index in [4.69, 9.17) is 13.9 Å². The third-order valence-corrected chi connectivity index (χ3v) is 9.04. The van der Waals surface area contributed by atoms with E-state index in [-0.39, 0.29) is 11.6 Å². The summed E-state index contributed by atoms with van der Waals surface area (Å²) in [5.41, 5.74) is 0. The molecule has 5 nitrogen and oxygen atoms in total. The van der Waals surface area contributed by atoms with Crippen molar-refractivity contribution in [2.45, 2.75) is 83.0 Å². The van der Waals surface area contributed by atoms with Crippen LogP contribution in [-0.4, -0.2) is 55.3 Å². The molecule has 1 aliphatic rings. The second-order valence-corrected chi connectivity index (χ2v) is 12.7. The zero-order valence-corrected chi connectivity index (χ0v) is 15.9. The number of rotatable bonds is 6. The predicted octanol–water partition coefficient (Wildman–Crippen LogP) is 2.44. The van der Waals surface area contributed by atoms with Gasteiger partial charge in [0.1, 0.15) is 24.4 Å². The Bertz CT molecular complexity index is 388. The van der Waals surface area contributed by atoms with Crippen LogP contribution in [0.3, 0.4) is 0 Å². The van der Waals surface area contributed by atoms with Gasteiger partial charge in [0.05, 0.1) is 6.61 Å². The second kappa shape index (κ2) is 6.71. The van der Waals surface area contributed by atoms with Crippen molar-refractivity contribution in [3.63, 3.8) is 0 Å². The Balaban J connectivity index is 2.75. The van der Waals surface area contributed by atoms with Crippen LogP contribution in [-0.2, 0) is 13.9 Å². The van der Waals surface area contributed by atoms with Crippen molar-refractivity contribution in [1.82, 2.24) is 0 Å². The molecule has 0 aromatic carbocycles. The van der Waals surface area contributed by atoms with Crippen molar-refractivity contribution in [2.24, 2.45) is 0 Å². The molecule has 4 atom stereocenters. The highest BCUT2D eigenvalue weighted by molar-refractivity contribution is 6.74. The summed E-state index contributed by atoms with van der Waals surface area (Å²) in [7, 11) is -1.95. The predicted molar refractivity (Wildman–Crippen MR) is 89.2 cm³/mol. The minimum atomic E-state index is -1.95. The Kier molecular flexibility index (Phi) is 6.04. The molecule has 0 bridgehead atoms. The molecule has 0 saturated carbocycles. The second-order valence-electron chi connectivity index (χ2n) is 7.93. The van der Waals surface area contributed by atoms with Crippen molar-refractivity contribution in [1.29, 1.82) is 0 Å². The molecule has 0 radical (unpaired) electrons. The summed E-state index contributed by atoms with van der Waals surface area (Å²) in [4.78, 5) is 0. The first-order chi connectivity index (χ1) is 9.81. The topological polar surface area (TPSA) is 68.2 Å². The van der Waals surface area contributed by atoms with Gasteiger partial charge in [-0.3, -0.25) is 0 Å². The van der Waals surface area contributed by atoms with Gasteiger partial charge in [-0.05, 0) is 32.0 Å². The molecule has 130 valence electrons. The molecule has 0 aromatic rings. The number of aliphatic hydroxyl groups excluding tert-OH is 2. The number of hydrogen-bond acceptors (Lipinski definition) is 5. The fraction of sp³-hybridized carbons (Fsp3) is 0.875. The van der Waals surface area contributed by atoms with Crippen molar-refractivity contribution < 1.29 is 24.1 Å². The maximum absolute atomic E-state index is 10.5. The first-order valence-electron chi connectivity index (χ1n) is 7.79. The van der Waals surface area contributed by atoms with Crippen LogP contribution in [0, 0.1) is 0 Å². The molecule has 3 unspecified atom stereocenters. The minimum absolute atomic E-state index is 0.0685. The van der Waals surface area contributed by atoms with Gasteiger partial charge < -0.3 is 24.1 Å². The summed E-state index contributed by atoms with van der Waals surface area (Å²) >= 11 is 0. The standard InChI is InChI=1S/C16H32O5Si/c1-9-11(17)13-14(21-16(5,6)20-13)12(18)10-19-22(7,8)15(2,3)4/h9,11-14,17-18H,1,10H2,2-8H3/t11-,12?,13?,14?/m0/s1. The minimum Gasteiger partial charge on any atom is -0.414 e. The van der Waals surface area contributed by atoms with Crippen LogP contribution in [0.5, 0.6) is 0 Å². The maximum Gasteiger partial charge on any atom is 0.192 e. The summed E-state index contributed by atoms with van der Waals surface area (Å²) in [6.07, 6.45) is -1.66. The Morgan fingerprint density at radius 3 is 2.18 bits per heavy atom. The van der Waals surface area contributed by atoms with Crippen molar-refractivity contribution in [3.8, 4) is 0 Å². The lowest BCUT2D eigenvalue weighted by molar-refractivity contribution is -0.160. The van der Waals surface area contributed by atoms with Gasteiger partial charge in [0.25, 0.3) is 0 Å². The lowest BCUT2D eigenvalue weighted by atomic mass is 10.0. The molecule has 1 heterocycles. The van der Waals surface area contributed by atoms with Crippen LogP contribution in [0.2, 0.25) is 18.1 Å². The molecule has 1 aliphatic heterocycles. The molecule has 0 aliphatic carbocycles. The lowest BCUT2D eigenvalue weighted by Crippen LogP contribution is -2.48. The van der Waals surface area contributed by atoms with Crippen LogP contribution in [0.25, 0.3) is 0 Å². The van der Waals surface area contributed by atoms with E-state index in [0.717, 1.165) is 0 Å². The molecule has 22 heavy (non-hydrogen) atoms. The Morgan fingerprint density at radius 2 is 1.73 bits per heavy atom. The Morgan fingerprint density at radius 1 is 1.23 bits per heavy atom. The molecular formula is C16H32O5Si. The van der Waals surface area contributed by atoms with E-state index in [0.29, 0.717) is 0 Å². The van der Waals surface area contributed by atoms with Gasteiger partial charge in [-0.2, -0.15) is 0 Å². The zero-order chi connectivity index (χ0) is 17.3. The van der Waals surface area contributed by atoms with E-state index in [1.54, 1.807) is 13.8 Å². The average molecular weight is 333 g/mol. The molecule has 0 spiro atoms. The van der Waals surface area contributed by atoms with Crippen molar-refractivity contribution in [2.75, 3.05) is 6.61 Å². The maximum atomic E-state index is 10.5. The van der Waals surface area contributed by atoms with Crippen LogP contribution < -0.4 is 0 Å². The monoisotopic (exact) mass is 332 g/mol. The number of ether oxygens (including phenoxy) is 2. The molecule has 1 saturated heterocycles. The third kappa shape index (κ3) is 4.63. The molecular weight excluding hydrogens is 300 g/mol. The first-order valence-corrected chi connectivity index (χ1v) is 10.7. The van der Waals surface area contributed by atoms with Crippen LogP contribution in [0.15, 0.2) is 12.7 Å². The van der Waals surface area contributed by atoms with Crippen LogP contribution in [0.1, 0.15) is 34.6 Å². The molecule has 6 heteroatoms. The SMILES string of the molecule is C=C[C@H](O)C1OC(C)(C)OC1C(O)CO[Si](C)(C)C(C)(C)C. The largest absolute Gasteiger partial charge is 0.414 e. The number of aliphatic hydroxyl groups is 2. The van der Waals surface area contributed by atoms with Gasteiger partial charge in [-0.1, -0.05) is 26.8 Å². The molecule has 1 fully saturated rings. The highest BCUT2D eigenvalue weighted by Gasteiger charge is 2.48. The summed E-state index contributed by atoms with van der Waals surface area (Å²) in [5, 5.41) is 20.5. The average Bonchev–Trinajstić information content (AvgIpc) is 2.70. The third-order valence-electron chi connectivity index (χ3n) is 4.54. The van der Waals surface area contributed by atoms with E-state index >= 15 is 0 Å². The van der Waals surface area contributed by atoms with E-state index in [2.05, 4.69) is 40.4 Å². The van der Waals surface area contributed by atoms with E-state index < -0.39 is 38.5 Å². The van der Waals surface area contributed by atoms with E-state index in [9.17, 15) is 10.2 Å². The van der Waals surface area contributed by atoms with Gasteiger partial charge in [-0.25, -0.2) is 0 Å². The molecule has 0 aromatic heterocycles. The van der Waals surface area contributed by atoms with Crippen molar-refractivity contribution >= 4 is 8.32 Å². The lowest BCUT2D eigenvalue weighted by Gasteiger charge is -2.37. The van der Waals surface area contributed by atoms with Crippen LogP contribution >= 0.6 is 0 Å². The Hall–Kier alpha value is -0.243. The van der Waals surface area contributed by atoms with Gasteiger partial charge in [0.15, 0.2) is 14.1 Å². The summed E-state index contributed by atoms with van der Waals surface area (Å²) in [6, 6.07) is 0. The fourth-order valence-electron chi connectivity index (χ4n) is 2.12. The fourth-order valence-corrected chi connectivity index (χ4v) is 3.14.